The van der Waals surface area contributed by atoms with Crippen molar-refractivity contribution in [1.82, 2.24) is 0 Å². The number of hydrogen-bond acceptors (Lipinski definition) is 5. The van der Waals surface area contributed by atoms with E-state index in [-0.39, 0.29) is 30.3 Å². The van der Waals surface area contributed by atoms with Crippen LogP contribution < -0.4 is 4.74 Å². The van der Waals surface area contributed by atoms with E-state index >= 15 is 0 Å². The minimum atomic E-state index is -0.661. The fourth-order valence-electron chi connectivity index (χ4n) is 4.71. The lowest BCUT2D eigenvalue weighted by Crippen LogP contribution is -2.46. The monoisotopic (exact) mass is 408 g/mol. The number of benzene rings is 2. The molecule has 0 bridgehead atoms. The summed E-state index contributed by atoms with van der Waals surface area (Å²) < 4.78 is 30.3. The Morgan fingerprint density at radius 1 is 0.900 bits per heavy atom. The molecule has 3 heterocycles. The van der Waals surface area contributed by atoms with Gasteiger partial charge in [-0.25, -0.2) is 0 Å². The molecular weight excluding hydrogens is 380 g/mol. The molecule has 0 amide bonds. The maximum Gasteiger partial charge on any atom is 0.190 e. The Bertz CT molecular complexity index is 892. The predicted octanol–water partition coefficient (Wildman–Crippen LogP) is 4.53. The first-order valence-electron chi connectivity index (χ1n) is 10.6. The zero-order chi connectivity index (χ0) is 20.7. The van der Waals surface area contributed by atoms with E-state index in [0.717, 1.165) is 17.7 Å². The molecule has 5 nitrogen and oxygen atoms in total. The van der Waals surface area contributed by atoms with Crippen molar-refractivity contribution in [1.29, 1.82) is 0 Å². The van der Waals surface area contributed by atoms with Crippen LogP contribution in [0.3, 0.4) is 0 Å². The van der Waals surface area contributed by atoms with Crippen LogP contribution in [0.15, 0.2) is 60.7 Å². The number of rotatable bonds is 4. The van der Waals surface area contributed by atoms with Gasteiger partial charge in [0.1, 0.15) is 18.0 Å². The van der Waals surface area contributed by atoms with Crippen molar-refractivity contribution in [3.8, 4) is 5.75 Å². The standard InChI is InChI=1S/C25H28O5/c1-25(2)29-23-22-21(28-24(23)30-25)20(17-10-13-18(26-3)14-11-17)15-19(27-22)12-9-16-7-5-4-6-8-16/h4-14,19-24H,15H2,1-3H3/b12-9+/t19-,20-,21+,22-,23+,24+/m0/s1. The Morgan fingerprint density at radius 3 is 2.40 bits per heavy atom. The lowest BCUT2D eigenvalue weighted by Gasteiger charge is -2.39. The van der Waals surface area contributed by atoms with Crippen molar-refractivity contribution < 1.29 is 23.7 Å². The van der Waals surface area contributed by atoms with E-state index in [1.807, 2.05) is 44.2 Å². The third-order valence-electron chi connectivity index (χ3n) is 6.09. The van der Waals surface area contributed by atoms with Gasteiger partial charge in [0.2, 0.25) is 0 Å². The van der Waals surface area contributed by atoms with Gasteiger partial charge in [0, 0.05) is 5.92 Å². The van der Waals surface area contributed by atoms with Gasteiger partial charge in [0.25, 0.3) is 0 Å². The summed E-state index contributed by atoms with van der Waals surface area (Å²) in [5, 5.41) is 0. The van der Waals surface area contributed by atoms with Crippen LogP contribution in [0.1, 0.15) is 37.3 Å². The van der Waals surface area contributed by atoms with Crippen LogP contribution in [0.5, 0.6) is 5.75 Å². The van der Waals surface area contributed by atoms with Crippen molar-refractivity contribution >= 4 is 6.08 Å². The predicted molar refractivity (Wildman–Crippen MR) is 113 cm³/mol. The summed E-state index contributed by atoms with van der Waals surface area (Å²) in [5.74, 6) is 0.369. The summed E-state index contributed by atoms with van der Waals surface area (Å²) in [4.78, 5) is 0. The fourth-order valence-corrected chi connectivity index (χ4v) is 4.71. The highest BCUT2D eigenvalue weighted by molar-refractivity contribution is 5.49. The molecule has 0 aliphatic carbocycles. The van der Waals surface area contributed by atoms with Gasteiger partial charge < -0.3 is 23.7 Å². The summed E-state index contributed by atoms with van der Waals surface area (Å²) in [6.45, 7) is 3.83. The van der Waals surface area contributed by atoms with Crippen molar-refractivity contribution in [3.05, 3.63) is 71.8 Å². The molecule has 3 fully saturated rings. The van der Waals surface area contributed by atoms with E-state index in [1.165, 1.54) is 5.56 Å². The van der Waals surface area contributed by atoms with Crippen LogP contribution in [0.2, 0.25) is 0 Å². The molecule has 158 valence electrons. The Labute approximate surface area is 177 Å². The molecule has 2 aromatic rings. The largest absolute Gasteiger partial charge is 0.497 e. The van der Waals surface area contributed by atoms with E-state index in [1.54, 1.807) is 7.11 Å². The van der Waals surface area contributed by atoms with Crippen molar-refractivity contribution in [2.75, 3.05) is 7.11 Å². The molecule has 3 aliphatic rings. The van der Waals surface area contributed by atoms with E-state index in [2.05, 4.69) is 36.4 Å². The molecule has 2 aromatic carbocycles. The van der Waals surface area contributed by atoms with Crippen LogP contribution in [0, 0.1) is 0 Å². The molecule has 0 radical (unpaired) electrons. The van der Waals surface area contributed by atoms with Crippen LogP contribution in [0.4, 0.5) is 0 Å². The van der Waals surface area contributed by atoms with E-state index < -0.39 is 12.1 Å². The third kappa shape index (κ3) is 3.79. The summed E-state index contributed by atoms with van der Waals surface area (Å²) >= 11 is 0. The highest BCUT2D eigenvalue weighted by Crippen LogP contribution is 2.47. The van der Waals surface area contributed by atoms with Gasteiger partial charge in [0.15, 0.2) is 12.1 Å². The van der Waals surface area contributed by atoms with Gasteiger partial charge in [-0.2, -0.15) is 0 Å². The summed E-state index contributed by atoms with van der Waals surface area (Å²) in [5.41, 5.74) is 2.37. The second kappa shape index (κ2) is 7.82. The third-order valence-corrected chi connectivity index (χ3v) is 6.09. The fraction of sp³-hybridized carbons (Fsp3) is 0.440. The number of methoxy groups -OCH3 is 1. The molecule has 0 spiro atoms. The molecule has 0 N–H and O–H groups in total. The van der Waals surface area contributed by atoms with Gasteiger partial charge in [-0.1, -0.05) is 54.6 Å². The summed E-state index contributed by atoms with van der Waals surface area (Å²) in [6, 6.07) is 18.5. The topological polar surface area (TPSA) is 46.2 Å². The molecule has 0 aromatic heterocycles. The molecule has 3 saturated heterocycles. The van der Waals surface area contributed by atoms with Gasteiger partial charge >= 0.3 is 0 Å². The van der Waals surface area contributed by atoms with Crippen LogP contribution in [-0.4, -0.2) is 43.6 Å². The summed E-state index contributed by atoms with van der Waals surface area (Å²) in [7, 11) is 1.68. The van der Waals surface area contributed by atoms with Gasteiger partial charge in [-0.15, -0.1) is 0 Å². The normalized spacial score (nSPS) is 34.6. The van der Waals surface area contributed by atoms with E-state index in [0.29, 0.717) is 0 Å². The average molecular weight is 408 g/mol. The maximum atomic E-state index is 6.49. The van der Waals surface area contributed by atoms with Crippen LogP contribution in [-0.2, 0) is 18.9 Å². The zero-order valence-corrected chi connectivity index (χ0v) is 17.6. The highest BCUT2D eigenvalue weighted by atomic mass is 16.8. The van der Waals surface area contributed by atoms with Crippen molar-refractivity contribution in [2.24, 2.45) is 0 Å². The van der Waals surface area contributed by atoms with Crippen molar-refractivity contribution in [3.63, 3.8) is 0 Å². The SMILES string of the molecule is COc1ccc([C@@H]2C[C@H](/C=C/c3ccccc3)O[C@@H]3[C@H]4OC(C)(C)O[C@H]4O[C@@H]32)cc1. The highest BCUT2D eigenvalue weighted by Gasteiger charge is 2.59. The van der Waals surface area contributed by atoms with Gasteiger partial charge in [0.05, 0.1) is 19.3 Å². The quantitative estimate of drug-likeness (QED) is 0.744. The van der Waals surface area contributed by atoms with E-state index in [4.69, 9.17) is 23.7 Å². The Morgan fingerprint density at radius 2 is 1.67 bits per heavy atom. The molecule has 6 atom stereocenters. The Hall–Kier alpha value is -2.18. The Kier molecular flexibility index (Phi) is 5.15. The van der Waals surface area contributed by atoms with Crippen molar-refractivity contribution in [2.45, 2.75) is 62.7 Å². The first kappa shape index (κ1) is 19.8. The lowest BCUT2D eigenvalue weighted by molar-refractivity contribution is -0.231. The summed E-state index contributed by atoms with van der Waals surface area (Å²) in [6.07, 6.45) is 4.17. The number of hydrogen-bond donors (Lipinski definition) is 0. The molecule has 3 aliphatic heterocycles. The first-order chi connectivity index (χ1) is 14.5. The Balaban J connectivity index is 1.42. The molecule has 30 heavy (non-hydrogen) atoms. The molecular formula is C25H28O5. The molecule has 0 saturated carbocycles. The molecule has 0 unspecified atom stereocenters. The second-order valence-electron chi connectivity index (χ2n) is 8.59. The average Bonchev–Trinajstić information content (AvgIpc) is 3.24. The zero-order valence-electron chi connectivity index (χ0n) is 17.6. The van der Waals surface area contributed by atoms with Gasteiger partial charge in [-0.3, -0.25) is 0 Å². The smallest absolute Gasteiger partial charge is 0.190 e. The second-order valence-corrected chi connectivity index (χ2v) is 8.59. The van der Waals surface area contributed by atoms with Gasteiger partial charge in [-0.05, 0) is 43.5 Å². The lowest BCUT2D eigenvalue weighted by atomic mass is 9.82. The first-order valence-corrected chi connectivity index (χ1v) is 10.6. The minimum absolute atomic E-state index is 0.0341. The van der Waals surface area contributed by atoms with Crippen LogP contribution in [0.25, 0.3) is 6.08 Å². The van der Waals surface area contributed by atoms with E-state index in [9.17, 15) is 0 Å². The van der Waals surface area contributed by atoms with Crippen LogP contribution >= 0.6 is 0 Å². The maximum absolute atomic E-state index is 6.49. The number of fused-ring (bicyclic) bond motifs is 3. The molecule has 5 rings (SSSR count). The minimum Gasteiger partial charge on any atom is -0.497 e. The molecule has 5 heteroatoms. The number of ether oxygens (including phenoxy) is 5.